The number of benzene rings is 7. The second kappa shape index (κ2) is 11.4. The Bertz CT molecular complexity index is 2830. The number of nitrogens with zero attached hydrogens (tertiary/aromatic N) is 3. The van der Waals surface area contributed by atoms with Crippen LogP contribution in [0.2, 0.25) is 0 Å². The Labute approximate surface area is 288 Å². The minimum absolute atomic E-state index is 0.692. The first-order valence-corrected chi connectivity index (χ1v) is 16.8. The maximum absolute atomic E-state index is 6.10. The van der Waals surface area contributed by atoms with E-state index in [1.165, 1.54) is 21.8 Å². The Morgan fingerprint density at radius 1 is 0.360 bits per heavy atom. The van der Waals surface area contributed by atoms with Gasteiger partial charge in [-0.25, -0.2) is 9.97 Å². The van der Waals surface area contributed by atoms with Gasteiger partial charge in [-0.15, -0.1) is 0 Å². The Hall–Kier alpha value is -6.78. The van der Waals surface area contributed by atoms with Crippen LogP contribution in [0, 0.1) is 0 Å². The highest BCUT2D eigenvalue weighted by Crippen LogP contribution is 2.36. The number of hydrogen-bond acceptors (Lipinski definition) is 3. The molecule has 3 heterocycles. The van der Waals surface area contributed by atoms with E-state index in [2.05, 4.69) is 150 Å². The van der Waals surface area contributed by atoms with Crippen molar-refractivity contribution in [3.05, 3.63) is 176 Å². The molecule has 0 radical (unpaired) electrons. The van der Waals surface area contributed by atoms with E-state index < -0.39 is 0 Å². The minimum Gasteiger partial charge on any atom is -0.456 e. The summed E-state index contributed by atoms with van der Waals surface area (Å²) < 4.78 is 8.45. The topological polar surface area (TPSA) is 43.9 Å². The average molecular weight is 640 g/mol. The van der Waals surface area contributed by atoms with E-state index in [-0.39, 0.29) is 0 Å². The lowest BCUT2D eigenvalue weighted by molar-refractivity contribution is 0.669. The average Bonchev–Trinajstić information content (AvgIpc) is 3.74. The van der Waals surface area contributed by atoms with Crippen LogP contribution in [0.15, 0.2) is 180 Å². The van der Waals surface area contributed by atoms with Gasteiger partial charge in [0.2, 0.25) is 0 Å². The van der Waals surface area contributed by atoms with Crippen molar-refractivity contribution in [3.8, 4) is 50.7 Å². The van der Waals surface area contributed by atoms with Gasteiger partial charge < -0.3 is 8.98 Å². The molecular formula is C46H29N3O. The molecule has 0 unspecified atom stereocenters. The lowest BCUT2D eigenvalue weighted by atomic mass is 9.99. The number of para-hydroxylation sites is 3. The van der Waals surface area contributed by atoms with Gasteiger partial charge in [-0.1, -0.05) is 121 Å². The van der Waals surface area contributed by atoms with E-state index in [0.29, 0.717) is 5.82 Å². The van der Waals surface area contributed by atoms with Gasteiger partial charge in [0, 0.05) is 43.9 Å². The number of fused-ring (bicyclic) bond motifs is 6. The summed E-state index contributed by atoms with van der Waals surface area (Å²) in [5.74, 6) is 0.692. The van der Waals surface area contributed by atoms with Gasteiger partial charge in [-0.05, 0) is 65.7 Å². The van der Waals surface area contributed by atoms with Crippen LogP contribution >= 0.6 is 0 Å². The van der Waals surface area contributed by atoms with Crippen LogP contribution in [0.25, 0.3) is 94.5 Å². The normalized spacial score (nSPS) is 11.6. The van der Waals surface area contributed by atoms with Gasteiger partial charge in [-0.3, -0.25) is 0 Å². The maximum Gasteiger partial charge on any atom is 0.160 e. The molecule has 0 atom stereocenters. The Morgan fingerprint density at radius 2 is 0.920 bits per heavy atom. The third kappa shape index (κ3) is 4.69. The monoisotopic (exact) mass is 639 g/mol. The van der Waals surface area contributed by atoms with Crippen LogP contribution < -0.4 is 0 Å². The number of hydrogen-bond donors (Lipinski definition) is 0. The highest BCUT2D eigenvalue weighted by Gasteiger charge is 2.15. The summed E-state index contributed by atoms with van der Waals surface area (Å²) in [5.41, 5.74) is 12.2. The van der Waals surface area contributed by atoms with E-state index in [1.54, 1.807) is 0 Å². The first-order valence-electron chi connectivity index (χ1n) is 16.8. The third-order valence-corrected chi connectivity index (χ3v) is 9.61. The van der Waals surface area contributed by atoms with Crippen LogP contribution in [0.4, 0.5) is 0 Å². The number of furan rings is 1. The highest BCUT2D eigenvalue weighted by atomic mass is 16.3. The highest BCUT2D eigenvalue weighted by molar-refractivity contribution is 6.09. The molecule has 0 saturated carbocycles. The summed E-state index contributed by atoms with van der Waals surface area (Å²) >= 11 is 0. The first kappa shape index (κ1) is 28.3. The van der Waals surface area contributed by atoms with Crippen LogP contribution in [0.1, 0.15) is 0 Å². The van der Waals surface area contributed by atoms with Crippen LogP contribution in [-0.2, 0) is 0 Å². The molecular weight excluding hydrogens is 611 g/mol. The largest absolute Gasteiger partial charge is 0.456 e. The molecule has 4 heteroatoms. The van der Waals surface area contributed by atoms with Crippen molar-refractivity contribution in [1.82, 2.24) is 14.5 Å². The minimum atomic E-state index is 0.692. The summed E-state index contributed by atoms with van der Waals surface area (Å²) in [4.78, 5) is 10.3. The summed E-state index contributed by atoms with van der Waals surface area (Å²) in [6.07, 6.45) is 0. The van der Waals surface area contributed by atoms with Crippen molar-refractivity contribution in [1.29, 1.82) is 0 Å². The summed E-state index contributed by atoms with van der Waals surface area (Å²) in [6.45, 7) is 0. The van der Waals surface area contributed by atoms with Crippen molar-refractivity contribution < 1.29 is 4.42 Å². The van der Waals surface area contributed by atoms with E-state index in [0.717, 1.165) is 66.8 Å². The molecule has 10 aromatic rings. The smallest absolute Gasteiger partial charge is 0.160 e. The van der Waals surface area contributed by atoms with Crippen molar-refractivity contribution >= 4 is 43.7 Å². The van der Waals surface area contributed by atoms with Gasteiger partial charge in [0.15, 0.2) is 5.82 Å². The van der Waals surface area contributed by atoms with Crippen LogP contribution in [0.5, 0.6) is 0 Å². The quantitative estimate of drug-likeness (QED) is 0.188. The van der Waals surface area contributed by atoms with Gasteiger partial charge in [0.1, 0.15) is 11.2 Å². The fourth-order valence-electron chi connectivity index (χ4n) is 7.23. The molecule has 0 amide bonds. The zero-order valence-corrected chi connectivity index (χ0v) is 27.0. The third-order valence-electron chi connectivity index (χ3n) is 9.61. The van der Waals surface area contributed by atoms with Crippen LogP contribution in [0.3, 0.4) is 0 Å². The van der Waals surface area contributed by atoms with E-state index in [1.807, 2.05) is 30.3 Å². The zero-order valence-electron chi connectivity index (χ0n) is 27.0. The Kier molecular flexibility index (Phi) is 6.46. The lowest BCUT2D eigenvalue weighted by Crippen LogP contribution is -1.98. The molecule has 4 nitrogen and oxygen atoms in total. The number of rotatable bonds is 5. The second-order valence-electron chi connectivity index (χ2n) is 12.6. The van der Waals surface area contributed by atoms with Gasteiger partial charge in [-0.2, -0.15) is 0 Å². The molecule has 10 rings (SSSR count). The predicted octanol–water partition coefficient (Wildman–Crippen LogP) is 12.1. The second-order valence-corrected chi connectivity index (χ2v) is 12.6. The van der Waals surface area contributed by atoms with E-state index in [4.69, 9.17) is 14.4 Å². The molecule has 3 aromatic heterocycles. The summed E-state index contributed by atoms with van der Waals surface area (Å²) in [5, 5.41) is 4.72. The lowest BCUT2D eigenvalue weighted by Gasteiger charge is -2.13. The Balaban J connectivity index is 1.12. The van der Waals surface area contributed by atoms with Crippen molar-refractivity contribution in [3.63, 3.8) is 0 Å². The van der Waals surface area contributed by atoms with Crippen LogP contribution in [-0.4, -0.2) is 14.5 Å². The Morgan fingerprint density at radius 3 is 1.68 bits per heavy atom. The van der Waals surface area contributed by atoms with Gasteiger partial charge in [0.25, 0.3) is 0 Å². The zero-order chi connectivity index (χ0) is 33.0. The SMILES string of the molecule is c1ccc(-c2nc(-c3cccc(-c4ccc5oc6ccccc6c5c4)c3)cc(-c3cccc(-n4c5ccccc5c5ccccc54)c3)n2)cc1. The van der Waals surface area contributed by atoms with Crippen molar-refractivity contribution in [2.45, 2.75) is 0 Å². The molecule has 0 aliphatic heterocycles. The van der Waals surface area contributed by atoms with E-state index in [9.17, 15) is 0 Å². The molecule has 0 aliphatic rings. The molecule has 0 bridgehead atoms. The maximum atomic E-state index is 6.10. The molecule has 7 aromatic carbocycles. The predicted molar refractivity (Wildman–Crippen MR) is 205 cm³/mol. The van der Waals surface area contributed by atoms with E-state index >= 15 is 0 Å². The van der Waals surface area contributed by atoms with Gasteiger partial charge >= 0.3 is 0 Å². The molecule has 0 saturated heterocycles. The fourth-order valence-corrected chi connectivity index (χ4v) is 7.23. The summed E-state index contributed by atoms with van der Waals surface area (Å²) in [6, 6.07) is 61.4. The fraction of sp³-hybridized carbons (Fsp3) is 0. The molecule has 234 valence electrons. The molecule has 0 fully saturated rings. The van der Waals surface area contributed by atoms with Gasteiger partial charge in [0.05, 0.1) is 22.4 Å². The molecule has 0 aliphatic carbocycles. The number of aromatic nitrogens is 3. The first-order chi connectivity index (χ1) is 24.8. The molecule has 0 spiro atoms. The molecule has 50 heavy (non-hydrogen) atoms. The van der Waals surface area contributed by atoms with Crippen molar-refractivity contribution in [2.75, 3.05) is 0 Å². The van der Waals surface area contributed by atoms with Crippen molar-refractivity contribution in [2.24, 2.45) is 0 Å². The molecule has 0 N–H and O–H groups in total. The summed E-state index contributed by atoms with van der Waals surface area (Å²) in [7, 11) is 0. The standard InChI is InChI=1S/C46H29N3O/c1-2-12-30(13-3-1)46-47-40(33-15-10-14-31(26-33)32-24-25-45-39(28-32)38-20-6-9-23-44(38)50-45)29-41(48-46)34-16-11-17-35(27-34)49-42-21-7-4-18-36(42)37-19-5-8-22-43(37)49/h1-29H.